The van der Waals surface area contributed by atoms with E-state index in [9.17, 15) is 14.0 Å². The normalized spacial score (nSPS) is 11.8. The Kier molecular flexibility index (Phi) is 6.36. The van der Waals surface area contributed by atoms with E-state index in [1.807, 2.05) is 6.92 Å². The first kappa shape index (κ1) is 18.0. The summed E-state index contributed by atoms with van der Waals surface area (Å²) in [5, 5.41) is 9.03. The number of aromatic nitrogens is 1. The number of anilines is 1. The zero-order valence-electron chi connectivity index (χ0n) is 13.3. The van der Waals surface area contributed by atoms with Gasteiger partial charge in [-0.1, -0.05) is 17.3 Å². The fourth-order valence-electron chi connectivity index (χ4n) is 1.96. The van der Waals surface area contributed by atoms with E-state index in [4.69, 9.17) is 4.52 Å². The number of carbonyl (C=O) groups excluding carboxylic acids is 2. The number of nitrogens with zero attached hydrogens (tertiary/aromatic N) is 1. The van der Waals surface area contributed by atoms with Crippen molar-refractivity contribution >= 4 is 29.4 Å². The lowest BCUT2D eigenvalue weighted by molar-refractivity contribution is -0.119. The molecule has 1 aromatic heterocycles. The molecule has 0 saturated carbocycles. The zero-order chi connectivity index (χ0) is 17.5. The first-order chi connectivity index (χ1) is 11.4. The fourth-order valence-corrected chi connectivity index (χ4v) is 2.59. The highest BCUT2D eigenvalue weighted by Gasteiger charge is 2.11. The molecule has 0 saturated heterocycles. The van der Waals surface area contributed by atoms with Crippen LogP contribution in [0.1, 0.15) is 24.3 Å². The Morgan fingerprint density at radius 2 is 1.92 bits per heavy atom. The van der Waals surface area contributed by atoms with Gasteiger partial charge in [-0.05, 0) is 31.5 Å². The SMILES string of the molecule is Cc1cc(NC(=O)CSCC(=O)N[C@@H](C)c2ccc(F)cc2)no1. The third-order valence-corrected chi connectivity index (χ3v) is 4.04. The van der Waals surface area contributed by atoms with Crippen molar-refractivity contribution in [2.75, 3.05) is 16.8 Å². The van der Waals surface area contributed by atoms with E-state index < -0.39 is 0 Å². The molecule has 2 N–H and O–H groups in total. The summed E-state index contributed by atoms with van der Waals surface area (Å²) in [5.74, 6) is 0.469. The van der Waals surface area contributed by atoms with Crippen molar-refractivity contribution in [2.24, 2.45) is 0 Å². The summed E-state index contributed by atoms with van der Waals surface area (Å²) >= 11 is 1.19. The molecule has 2 amide bonds. The predicted molar refractivity (Wildman–Crippen MR) is 90.2 cm³/mol. The lowest BCUT2D eigenvalue weighted by Gasteiger charge is -2.14. The van der Waals surface area contributed by atoms with Crippen LogP contribution in [0.25, 0.3) is 0 Å². The van der Waals surface area contributed by atoms with E-state index in [-0.39, 0.29) is 35.2 Å². The van der Waals surface area contributed by atoms with Crippen LogP contribution in [0.15, 0.2) is 34.9 Å². The molecule has 0 aliphatic heterocycles. The molecule has 2 rings (SSSR count). The first-order valence-corrected chi connectivity index (χ1v) is 8.45. The van der Waals surface area contributed by atoms with Crippen molar-refractivity contribution in [2.45, 2.75) is 19.9 Å². The maximum absolute atomic E-state index is 12.9. The number of aryl methyl sites for hydroxylation is 1. The Hall–Kier alpha value is -2.35. The number of hydrogen-bond acceptors (Lipinski definition) is 5. The molecule has 0 bridgehead atoms. The molecule has 0 spiro atoms. The van der Waals surface area contributed by atoms with Crippen molar-refractivity contribution in [3.8, 4) is 0 Å². The van der Waals surface area contributed by atoms with E-state index in [0.717, 1.165) is 5.56 Å². The standard InChI is InChI=1S/C16H18FN3O3S/c1-10-7-14(20-23-10)19-16(22)9-24-8-15(21)18-11(2)12-3-5-13(17)6-4-12/h3-7,11H,8-9H2,1-2H3,(H,18,21)(H,19,20,22)/t11-/m0/s1. The minimum Gasteiger partial charge on any atom is -0.360 e. The highest BCUT2D eigenvalue weighted by atomic mass is 32.2. The maximum atomic E-state index is 12.9. The summed E-state index contributed by atoms with van der Waals surface area (Å²) in [4.78, 5) is 23.6. The van der Waals surface area contributed by atoms with Crippen molar-refractivity contribution in [1.82, 2.24) is 10.5 Å². The van der Waals surface area contributed by atoms with Crippen LogP contribution >= 0.6 is 11.8 Å². The summed E-state index contributed by atoms with van der Waals surface area (Å²) in [6.07, 6.45) is 0. The summed E-state index contributed by atoms with van der Waals surface area (Å²) in [6, 6.07) is 7.33. The zero-order valence-corrected chi connectivity index (χ0v) is 14.2. The molecule has 0 fully saturated rings. The van der Waals surface area contributed by atoms with Gasteiger partial charge in [0.1, 0.15) is 11.6 Å². The molecule has 1 aromatic carbocycles. The third kappa shape index (κ3) is 5.69. The van der Waals surface area contributed by atoms with E-state index >= 15 is 0 Å². The molecule has 1 atom stereocenters. The quantitative estimate of drug-likeness (QED) is 0.801. The van der Waals surface area contributed by atoms with Crippen LogP contribution in [0.3, 0.4) is 0 Å². The van der Waals surface area contributed by atoms with Crippen LogP contribution in [0.4, 0.5) is 10.2 Å². The largest absolute Gasteiger partial charge is 0.360 e. The molecule has 0 aliphatic rings. The smallest absolute Gasteiger partial charge is 0.235 e. The fraction of sp³-hybridized carbons (Fsp3) is 0.312. The van der Waals surface area contributed by atoms with E-state index in [1.54, 1.807) is 25.1 Å². The summed E-state index contributed by atoms with van der Waals surface area (Å²) < 4.78 is 17.7. The second kappa shape index (κ2) is 8.49. The average Bonchev–Trinajstić information content (AvgIpc) is 2.92. The van der Waals surface area contributed by atoms with Gasteiger partial charge in [0.2, 0.25) is 11.8 Å². The van der Waals surface area contributed by atoms with Gasteiger partial charge >= 0.3 is 0 Å². The number of benzene rings is 1. The maximum Gasteiger partial charge on any atom is 0.235 e. The first-order valence-electron chi connectivity index (χ1n) is 7.30. The van der Waals surface area contributed by atoms with Gasteiger partial charge in [-0.3, -0.25) is 9.59 Å². The van der Waals surface area contributed by atoms with Gasteiger partial charge in [0, 0.05) is 6.07 Å². The highest BCUT2D eigenvalue weighted by Crippen LogP contribution is 2.13. The molecule has 128 valence electrons. The number of halogens is 1. The molecule has 0 radical (unpaired) electrons. The summed E-state index contributed by atoms with van der Waals surface area (Å²) in [6.45, 7) is 3.54. The lowest BCUT2D eigenvalue weighted by atomic mass is 10.1. The van der Waals surface area contributed by atoms with Crippen molar-refractivity contribution in [3.63, 3.8) is 0 Å². The minimum atomic E-state index is -0.318. The second-order valence-electron chi connectivity index (χ2n) is 5.20. The molecule has 6 nitrogen and oxygen atoms in total. The second-order valence-corrected chi connectivity index (χ2v) is 6.19. The van der Waals surface area contributed by atoms with Gasteiger partial charge in [-0.2, -0.15) is 0 Å². The molecule has 0 unspecified atom stereocenters. The van der Waals surface area contributed by atoms with E-state index in [2.05, 4.69) is 15.8 Å². The third-order valence-electron chi connectivity index (χ3n) is 3.11. The number of hydrogen-bond donors (Lipinski definition) is 2. The monoisotopic (exact) mass is 351 g/mol. The Bertz CT molecular complexity index is 703. The minimum absolute atomic E-state index is 0.129. The molecular weight excluding hydrogens is 333 g/mol. The van der Waals surface area contributed by atoms with Gasteiger partial charge in [-0.15, -0.1) is 11.8 Å². The van der Waals surface area contributed by atoms with E-state index in [1.165, 1.54) is 23.9 Å². The lowest BCUT2D eigenvalue weighted by Crippen LogP contribution is -2.28. The average molecular weight is 351 g/mol. The van der Waals surface area contributed by atoms with Crippen molar-refractivity contribution in [3.05, 3.63) is 47.5 Å². The number of thioether (sulfide) groups is 1. The van der Waals surface area contributed by atoms with E-state index in [0.29, 0.717) is 11.6 Å². The van der Waals surface area contributed by atoms with Crippen molar-refractivity contribution in [1.29, 1.82) is 0 Å². The Labute approximate surface area is 143 Å². The Morgan fingerprint density at radius 1 is 1.25 bits per heavy atom. The molecule has 1 heterocycles. The van der Waals surface area contributed by atoms with Gasteiger partial charge < -0.3 is 15.2 Å². The molecule has 24 heavy (non-hydrogen) atoms. The van der Waals surface area contributed by atoms with Crippen molar-refractivity contribution < 1.29 is 18.5 Å². The van der Waals surface area contributed by atoms with Crippen LogP contribution in [-0.2, 0) is 9.59 Å². The molecule has 8 heteroatoms. The number of rotatable bonds is 7. The van der Waals surface area contributed by atoms with Gasteiger partial charge in [0.25, 0.3) is 0 Å². The van der Waals surface area contributed by atoms with Crippen LogP contribution < -0.4 is 10.6 Å². The summed E-state index contributed by atoms with van der Waals surface area (Å²) in [7, 11) is 0. The topological polar surface area (TPSA) is 84.2 Å². The molecule has 2 aromatic rings. The number of nitrogens with one attached hydrogen (secondary N) is 2. The predicted octanol–water partition coefficient (Wildman–Crippen LogP) is 2.67. The van der Waals surface area contributed by atoms with Crippen LogP contribution in [0.2, 0.25) is 0 Å². The Balaban J connectivity index is 1.69. The van der Waals surface area contributed by atoms with Crippen LogP contribution in [0, 0.1) is 12.7 Å². The Morgan fingerprint density at radius 3 is 2.54 bits per heavy atom. The summed E-state index contributed by atoms with van der Waals surface area (Å²) in [5.41, 5.74) is 0.814. The molecule has 0 aliphatic carbocycles. The molecular formula is C16H18FN3O3S. The van der Waals surface area contributed by atoms with Gasteiger partial charge in [0.05, 0.1) is 17.5 Å². The number of carbonyl (C=O) groups is 2. The van der Waals surface area contributed by atoms with Crippen LogP contribution in [-0.4, -0.2) is 28.5 Å². The highest BCUT2D eigenvalue weighted by molar-refractivity contribution is 8.00. The van der Waals surface area contributed by atoms with Crippen LogP contribution in [0.5, 0.6) is 0 Å². The number of amides is 2. The van der Waals surface area contributed by atoms with Gasteiger partial charge in [0.15, 0.2) is 5.82 Å². The van der Waals surface area contributed by atoms with Gasteiger partial charge in [-0.25, -0.2) is 4.39 Å².